The van der Waals surface area contributed by atoms with Crippen LogP contribution < -0.4 is 10.1 Å². The molecule has 0 saturated heterocycles. The van der Waals surface area contributed by atoms with Gasteiger partial charge < -0.3 is 14.8 Å². The van der Waals surface area contributed by atoms with Gasteiger partial charge in [0.25, 0.3) is 0 Å². The fraction of sp³-hybridized carbons (Fsp3) is 0.294. The quantitative estimate of drug-likeness (QED) is 0.572. The molecule has 0 aliphatic carbocycles. The zero-order valence-electron chi connectivity index (χ0n) is 12.3. The van der Waals surface area contributed by atoms with Crippen LogP contribution in [0.3, 0.4) is 0 Å². The summed E-state index contributed by atoms with van der Waals surface area (Å²) in [6.45, 7) is 1.14. The summed E-state index contributed by atoms with van der Waals surface area (Å²) in [5, 5.41) is 3.37. The van der Waals surface area contributed by atoms with E-state index in [9.17, 15) is 0 Å². The van der Waals surface area contributed by atoms with Crippen LogP contribution in [0.2, 0.25) is 0 Å². The van der Waals surface area contributed by atoms with E-state index >= 15 is 0 Å². The third-order valence-electron chi connectivity index (χ3n) is 3.27. The van der Waals surface area contributed by atoms with Crippen LogP contribution in [-0.4, -0.2) is 27.4 Å². The fourth-order valence-electron chi connectivity index (χ4n) is 2.24. The van der Waals surface area contributed by atoms with Gasteiger partial charge in [0.15, 0.2) is 0 Å². The molecule has 0 spiro atoms. The van der Waals surface area contributed by atoms with E-state index in [1.54, 1.807) is 7.11 Å². The molecule has 2 aromatic rings. The molecule has 0 heterocycles. The molecule has 0 radical (unpaired) electrons. The van der Waals surface area contributed by atoms with E-state index in [1.165, 1.54) is 9.13 Å². The Bertz CT molecular complexity index is 557. The van der Waals surface area contributed by atoms with Crippen LogP contribution in [0.1, 0.15) is 17.2 Å². The highest BCUT2D eigenvalue weighted by molar-refractivity contribution is 14.1. The van der Waals surface area contributed by atoms with Gasteiger partial charge in [0.2, 0.25) is 0 Å². The first-order valence-corrected chi connectivity index (χ1v) is 7.97. The molecule has 3 nitrogen and oxygen atoms in total. The van der Waals surface area contributed by atoms with Crippen molar-refractivity contribution in [3.63, 3.8) is 0 Å². The fourth-order valence-corrected chi connectivity index (χ4v) is 2.60. The van der Waals surface area contributed by atoms with Crippen molar-refractivity contribution in [1.29, 1.82) is 0 Å². The van der Waals surface area contributed by atoms with Crippen LogP contribution in [-0.2, 0) is 4.74 Å². The minimum absolute atomic E-state index is 0.112. The lowest BCUT2D eigenvalue weighted by Gasteiger charge is -2.20. The normalized spacial score (nSPS) is 12.1. The van der Waals surface area contributed by atoms with E-state index in [2.05, 4.69) is 58.2 Å². The first-order valence-electron chi connectivity index (χ1n) is 6.89. The maximum atomic E-state index is 5.84. The minimum atomic E-state index is 0.112. The van der Waals surface area contributed by atoms with Gasteiger partial charge in [0.1, 0.15) is 12.4 Å². The first kappa shape index (κ1) is 16.3. The number of methoxy groups -OCH3 is 1. The van der Waals surface area contributed by atoms with Gasteiger partial charge in [-0.3, -0.25) is 0 Å². The second kappa shape index (κ2) is 8.36. The molecule has 0 amide bonds. The average Bonchev–Trinajstić information content (AvgIpc) is 2.51. The summed E-state index contributed by atoms with van der Waals surface area (Å²) in [5.41, 5.74) is 2.36. The zero-order chi connectivity index (χ0) is 15.1. The SMILES string of the molecule is CNC(c1ccc(I)cc1)c1ccccc1OCCOC. The van der Waals surface area contributed by atoms with Crippen LogP contribution in [0.5, 0.6) is 5.75 Å². The van der Waals surface area contributed by atoms with Gasteiger partial charge in [-0.1, -0.05) is 30.3 Å². The van der Waals surface area contributed by atoms with Crippen molar-refractivity contribution >= 4 is 22.6 Å². The zero-order valence-corrected chi connectivity index (χ0v) is 14.5. The highest BCUT2D eigenvalue weighted by Crippen LogP contribution is 2.30. The predicted octanol–water partition coefficient (Wildman–Crippen LogP) is 3.63. The van der Waals surface area contributed by atoms with Crippen molar-refractivity contribution < 1.29 is 9.47 Å². The van der Waals surface area contributed by atoms with Crippen LogP contribution in [0, 0.1) is 3.57 Å². The third-order valence-corrected chi connectivity index (χ3v) is 3.99. The third kappa shape index (κ3) is 4.43. The van der Waals surface area contributed by atoms with Gasteiger partial charge in [-0.25, -0.2) is 0 Å². The lowest BCUT2D eigenvalue weighted by molar-refractivity contribution is 0.145. The van der Waals surface area contributed by atoms with Crippen molar-refractivity contribution in [3.05, 3.63) is 63.2 Å². The maximum absolute atomic E-state index is 5.84. The summed E-state index contributed by atoms with van der Waals surface area (Å²) >= 11 is 2.32. The molecular weight excluding hydrogens is 377 g/mol. The van der Waals surface area contributed by atoms with Crippen molar-refractivity contribution in [1.82, 2.24) is 5.32 Å². The van der Waals surface area contributed by atoms with Crippen molar-refractivity contribution in [3.8, 4) is 5.75 Å². The monoisotopic (exact) mass is 397 g/mol. The molecule has 2 rings (SSSR count). The Morgan fingerprint density at radius 2 is 1.76 bits per heavy atom. The lowest BCUT2D eigenvalue weighted by atomic mass is 9.98. The Morgan fingerprint density at radius 3 is 2.43 bits per heavy atom. The van der Waals surface area contributed by atoms with E-state index in [4.69, 9.17) is 9.47 Å². The highest BCUT2D eigenvalue weighted by atomic mass is 127. The number of hydrogen-bond acceptors (Lipinski definition) is 3. The van der Waals surface area contributed by atoms with Crippen molar-refractivity contribution in [2.75, 3.05) is 27.4 Å². The van der Waals surface area contributed by atoms with E-state index < -0.39 is 0 Å². The average molecular weight is 397 g/mol. The highest BCUT2D eigenvalue weighted by Gasteiger charge is 2.16. The van der Waals surface area contributed by atoms with E-state index in [-0.39, 0.29) is 6.04 Å². The van der Waals surface area contributed by atoms with Crippen molar-refractivity contribution in [2.45, 2.75) is 6.04 Å². The summed E-state index contributed by atoms with van der Waals surface area (Å²) in [4.78, 5) is 0. The van der Waals surface area contributed by atoms with Crippen LogP contribution in [0.4, 0.5) is 0 Å². The first-order chi connectivity index (χ1) is 10.3. The Labute approximate surface area is 139 Å². The standard InChI is InChI=1S/C17H20INO2/c1-19-17(13-7-9-14(18)10-8-13)15-5-3-4-6-16(15)21-12-11-20-2/h3-10,17,19H,11-12H2,1-2H3. The summed E-state index contributed by atoms with van der Waals surface area (Å²) in [6.07, 6.45) is 0. The smallest absolute Gasteiger partial charge is 0.124 e. The van der Waals surface area contributed by atoms with Gasteiger partial charge in [-0.2, -0.15) is 0 Å². The number of ether oxygens (including phenoxy) is 2. The van der Waals surface area contributed by atoms with Gasteiger partial charge >= 0.3 is 0 Å². The van der Waals surface area contributed by atoms with Gasteiger partial charge in [-0.15, -0.1) is 0 Å². The van der Waals surface area contributed by atoms with Crippen molar-refractivity contribution in [2.24, 2.45) is 0 Å². The Hall–Kier alpha value is -1.11. The molecule has 4 heteroatoms. The minimum Gasteiger partial charge on any atom is -0.491 e. The second-order valence-electron chi connectivity index (χ2n) is 4.65. The van der Waals surface area contributed by atoms with Crippen LogP contribution in [0.25, 0.3) is 0 Å². The molecule has 0 saturated carbocycles. The molecule has 112 valence electrons. The molecule has 0 aliphatic rings. The van der Waals surface area contributed by atoms with E-state index in [0.717, 1.165) is 11.3 Å². The van der Waals surface area contributed by atoms with E-state index in [0.29, 0.717) is 13.2 Å². The van der Waals surface area contributed by atoms with Crippen LogP contribution in [0.15, 0.2) is 48.5 Å². The molecular formula is C17H20INO2. The molecule has 0 fully saturated rings. The molecule has 0 bridgehead atoms. The number of halogens is 1. The van der Waals surface area contributed by atoms with Gasteiger partial charge in [0, 0.05) is 16.2 Å². The molecule has 0 aromatic heterocycles. The van der Waals surface area contributed by atoms with E-state index in [1.807, 2.05) is 25.2 Å². The van der Waals surface area contributed by atoms with Gasteiger partial charge in [-0.05, 0) is 53.4 Å². The molecule has 2 aromatic carbocycles. The Balaban J connectivity index is 2.27. The lowest BCUT2D eigenvalue weighted by Crippen LogP contribution is -2.19. The molecule has 0 aliphatic heterocycles. The topological polar surface area (TPSA) is 30.5 Å². The predicted molar refractivity (Wildman–Crippen MR) is 93.9 cm³/mol. The number of para-hydroxylation sites is 1. The summed E-state index contributed by atoms with van der Waals surface area (Å²) in [5.74, 6) is 0.896. The summed E-state index contributed by atoms with van der Waals surface area (Å²) in [6, 6.07) is 16.8. The molecule has 1 unspecified atom stereocenters. The van der Waals surface area contributed by atoms with Gasteiger partial charge in [0.05, 0.1) is 12.6 Å². The maximum Gasteiger partial charge on any atom is 0.124 e. The largest absolute Gasteiger partial charge is 0.491 e. The van der Waals surface area contributed by atoms with Crippen LogP contribution >= 0.6 is 22.6 Å². The molecule has 1 N–H and O–H groups in total. The number of benzene rings is 2. The number of hydrogen-bond donors (Lipinski definition) is 1. The number of rotatable bonds is 7. The number of nitrogens with one attached hydrogen (secondary N) is 1. The summed E-state index contributed by atoms with van der Waals surface area (Å²) < 4.78 is 12.1. The molecule has 21 heavy (non-hydrogen) atoms. The Kier molecular flexibility index (Phi) is 6.48. The Morgan fingerprint density at radius 1 is 1.05 bits per heavy atom. The molecule has 1 atom stereocenters. The second-order valence-corrected chi connectivity index (χ2v) is 5.90. The summed E-state index contributed by atoms with van der Waals surface area (Å²) in [7, 11) is 3.64.